The van der Waals surface area contributed by atoms with E-state index in [2.05, 4.69) is 15.5 Å². The molecule has 1 aromatic heterocycles. The van der Waals surface area contributed by atoms with Crippen LogP contribution in [0, 0.1) is 23.2 Å². The topological polar surface area (TPSA) is 86.7 Å². The number of hydrogen-bond donors (Lipinski definition) is 1. The third kappa shape index (κ3) is 1.69. The molecule has 102 valence electrons. The number of aromatic nitrogens is 4. The van der Waals surface area contributed by atoms with E-state index in [4.69, 9.17) is 5.73 Å². The molecule has 0 aliphatic heterocycles. The lowest BCUT2D eigenvalue weighted by molar-refractivity contribution is -0.144. The summed E-state index contributed by atoms with van der Waals surface area (Å²) in [5, 5.41) is 10.9. The molecule has 0 saturated heterocycles. The highest BCUT2D eigenvalue weighted by molar-refractivity contribution is 5.85. The quantitative estimate of drug-likeness (QED) is 0.878. The fourth-order valence-corrected chi connectivity index (χ4v) is 5.08. The van der Waals surface area contributed by atoms with Crippen LogP contribution in [0.2, 0.25) is 0 Å². The molecular weight excluding hydrogens is 242 g/mol. The molecule has 0 aromatic carbocycles. The van der Waals surface area contributed by atoms with Crippen molar-refractivity contribution in [1.29, 1.82) is 0 Å². The Morgan fingerprint density at radius 1 is 1.21 bits per heavy atom. The van der Waals surface area contributed by atoms with E-state index in [9.17, 15) is 4.79 Å². The van der Waals surface area contributed by atoms with Crippen LogP contribution in [0.3, 0.4) is 0 Å². The molecule has 1 aromatic rings. The molecule has 4 bridgehead atoms. The molecule has 1 heterocycles. The Hall–Kier alpha value is -1.46. The molecule has 6 heteroatoms. The maximum absolute atomic E-state index is 12.7. The van der Waals surface area contributed by atoms with E-state index in [1.165, 1.54) is 23.9 Å². The minimum absolute atomic E-state index is 0.0901. The first-order chi connectivity index (χ1) is 9.14. The van der Waals surface area contributed by atoms with Gasteiger partial charge in [0, 0.05) is 5.41 Å². The number of carbonyl (C=O) groups is 1. The monoisotopic (exact) mass is 261 g/mol. The molecule has 0 amide bonds. The van der Waals surface area contributed by atoms with Crippen molar-refractivity contribution in [3.05, 3.63) is 0 Å². The molecule has 4 aliphatic rings. The third-order valence-electron chi connectivity index (χ3n) is 5.48. The van der Waals surface area contributed by atoms with Crippen molar-refractivity contribution in [3.63, 3.8) is 0 Å². The molecule has 0 unspecified atom stereocenters. The predicted octanol–water partition coefficient (Wildman–Crippen LogP) is 1.04. The average molecular weight is 261 g/mol. The van der Waals surface area contributed by atoms with Crippen LogP contribution in [-0.4, -0.2) is 26.0 Å². The molecule has 0 radical (unpaired) electrons. The van der Waals surface area contributed by atoms with Crippen LogP contribution >= 0.6 is 0 Å². The molecule has 4 fully saturated rings. The SMILES string of the molecule is Nc1nnnn1CC(=O)C12CC3CC(CC(C3)C1)C2. The summed E-state index contributed by atoms with van der Waals surface area (Å²) in [6, 6.07) is 0. The number of nitrogens with zero attached hydrogens (tertiary/aromatic N) is 4. The van der Waals surface area contributed by atoms with Gasteiger partial charge in [-0.25, -0.2) is 4.68 Å². The van der Waals surface area contributed by atoms with Gasteiger partial charge in [0.2, 0.25) is 5.95 Å². The van der Waals surface area contributed by atoms with Gasteiger partial charge in [-0.3, -0.25) is 4.79 Å². The molecule has 2 N–H and O–H groups in total. The lowest BCUT2D eigenvalue weighted by Crippen LogP contribution is -2.50. The average Bonchev–Trinajstić information content (AvgIpc) is 2.73. The second-order valence-corrected chi connectivity index (χ2v) is 6.82. The van der Waals surface area contributed by atoms with Gasteiger partial charge in [-0.2, -0.15) is 0 Å². The van der Waals surface area contributed by atoms with Crippen molar-refractivity contribution in [3.8, 4) is 0 Å². The zero-order valence-electron chi connectivity index (χ0n) is 11.0. The van der Waals surface area contributed by atoms with E-state index in [-0.39, 0.29) is 17.9 Å². The fraction of sp³-hybridized carbons (Fsp3) is 0.846. The molecule has 4 aliphatic carbocycles. The van der Waals surface area contributed by atoms with E-state index in [0.717, 1.165) is 37.0 Å². The van der Waals surface area contributed by atoms with Gasteiger partial charge in [0.1, 0.15) is 6.54 Å². The van der Waals surface area contributed by atoms with Crippen LogP contribution in [0.1, 0.15) is 38.5 Å². The lowest BCUT2D eigenvalue weighted by atomic mass is 9.48. The number of nitrogen functional groups attached to an aromatic ring is 1. The molecule has 0 spiro atoms. The number of carbonyl (C=O) groups excluding carboxylic acids is 1. The van der Waals surface area contributed by atoms with Crippen molar-refractivity contribution >= 4 is 11.7 Å². The second kappa shape index (κ2) is 3.77. The van der Waals surface area contributed by atoms with Crippen molar-refractivity contribution in [1.82, 2.24) is 20.2 Å². The van der Waals surface area contributed by atoms with E-state index in [1.807, 2.05) is 0 Å². The van der Waals surface area contributed by atoms with Crippen LogP contribution in [0.25, 0.3) is 0 Å². The molecule has 4 saturated carbocycles. The Morgan fingerprint density at radius 2 is 1.79 bits per heavy atom. The highest BCUT2D eigenvalue weighted by Crippen LogP contribution is 2.60. The lowest BCUT2D eigenvalue weighted by Gasteiger charge is -2.55. The third-order valence-corrected chi connectivity index (χ3v) is 5.48. The number of Topliss-reactive ketones (excluding diaryl/α,β-unsaturated/α-hetero) is 1. The Labute approximate surface area is 111 Å². The summed E-state index contributed by atoms with van der Waals surface area (Å²) in [7, 11) is 0. The molecule has 0 atom stereocenters. The Bertz CT molecular complexity index is 488. The van der Waals surface area contributed by atoms with Crippen molar-refractivity contribution in [2.24, 2.45) is 23.2 Å². The van der Waals surface area contributed by atoms with E-state index in [1.54, 1.807) is 0 Å². The van der Waals surface area contributed by atoms with E-state index >= 15 is 0 Å². The van der Waals surface area contributed by atoms with Crippen LogP contribution in [-0.2, 0) is 11.3 Å². The highest BCUT2D eigenvalue weighted by Gasteiger charge is 2.54. The normalized spacial score (nSPS) is 39.7. The second-order valence-electron chi connectivity index (χ2n) is 6.82. The molecular formula is C13H19N5O. The maximum atomic E-state index is 12.7. The van der Waals surface area contributed by atoms with Gasteiger partial charge < -0.3 is 5.73 Å². The smallest absolute Gasteiger partial charge is 0.240 e. The van der Waals surface area contributed by atoms with Crippen LogP contribution in [0.5, 0.6) is 0 Å². The number of tetrazole rings is 1. The van der Waals surface area contributed by atoms with Crippen molar-refractivity contribution in [2.45, 2.75) is 45.1 Å². The van der Waals surface area contributed by atoms with Crippen LogP contribution < -0.4 is 5.73 Å². The van der Waals surface area contributed by atoms with Gasteiger partial charge in [0.05, 0.1) is 0 Å². The zero-order chi connectivity index (χ0) is 13.0. The summed E-state index contributed by atoms with van der Waals surface area (Å²) >= 11 is 0. The van der Waals surface area contributed by atoms with Crippen molar-refractivity contribution in [2.75, 3.05) is 5.73 Å². The van der Waals surface area contributed by atoms with Crippen LogP contribution in [0.4, 0.5) is 5.95 Å². The van der Waals surface area contributed by atoms with E-state index in [0.29, 0.717) is 5.78 Å². The Balaban J connectivity index is 1.58. The zero-order valence-corrected chi connectivity index (χ0v) is 11.0. The number of ketones is 1. The minimum atomic E-state index is -0.0901. The minimum Gasteiger partial charge on any atom is -0.367 e. The Kier molecular flexibility index (Phi) is 2.26. The number of hydrogen-bond acceptors (Lipinski definition) is 5. The van der Waals surface area contributed by atoms with Gasteiger partial charge in [0.15, 0.2) is 5.78 Å². The molecule has 6 nitrogen and oxygen atoms in total. The summed E-state index contributed by atoms with van der Waals surface area (Å²) in [4.78, 5) is 12.7. The number of anilines is 1. The first-order valence-electron chi connectivity index (χ1n) is 7.19. The predicted molar refractivity (Wildman–Crippen MR) is 67.8 cm³/mol. The summed E-state index contributed by atoms with van der Waals surface area (Å²) < 4.78 is 1.43. The number of nitrogens with two attached hydrogens (primary N) is 1. The summed E-state index contributed by atoms with van der Waals surface area (Å²) in [6.07, 6.45) is 7.29. The maximum Gasteiger partial charge on any atom is 0.240 e. The molecule has 19 heavy (non-hydrogen) atoms. The first-order valence-corrected chi connectivity index (χ1v) is 7.19. The van der Waals surface area contributed by atoms with Gasteiger partial charge in [-0.05, 0) is 66.7 Å². The van der Waals surface area contributed by atoms with Gasteiger partial charge in [-0.1, -0.05) is 5.10 Å². The first kappa shape index (κ1) is 11.4. The van der Waals surface area contributed by atoms with E-state index < -0.39 is 0 Å². The van der Waals surface area contributed by atoms with Gasteiger partial charge >= 0.3 is 0 Å². The van der Waals surface area contributed by atoms with Crippen LogP contribution in [0.15, 0.2) is 0 Å². The fourth-order valence-electron chi connectivity index (χ4n) is 5.08. The Morgan fingerprint density at radius 3 is 2.26 bits per heavy atom. The van der Waals surface area contributed by atoms with Crippen molar-refractivity contribution < 1.29 is 4.79 Å². The summed E-state index contributed by atoms with van der Waals surface area (Å²) in [6.45, 7) is 0.241. The largest absolute Gasteiger partial charge is 0.367 e. The van der Waals surface area contributed by atoms with Gasteiger partial charge in [0.25, 0.3) is 0 Å². The standard InChI is InChI=1S/C13H19N5O/c14-12-15-16-17-18(12)7-11(19)13-4-8-1-9(5-13)3-10(2-8)6-13/h8-10H,1-7H2,(H2,14,15,17). The molecule has 5 rings (SSSR count). The summed E-state index contributed by atoms with van der Waals surface area (Å²) in [5.41, 5.74) is 5.56. The number of rotatable bonds is 3. The summed E-state index contributed by atoms with van der Waals surface area (Å²) in [5.74, 6) is 2.87. The van der Waals surface area contributed by atoms with Gasteiger partial charge in [-0.15, -0.1) is 0 Å². The highest BCUT2D eigenvalue weighted by atomic mass is 16.1.